The Morgan fingerprint density at radius 3 is 2.58 bits per heavy atom. The van der Waals surface area contributed by atoms with Crippen molar-refractivity contribution < 1.29 is 9.90 Å². The van der Waals surface area contributed by atoms with Crippen molar-refractivity contribution >= 4 is 22.7 Å². The number of rotatable bonds is 4. The van der Waals surface area contributed by atoms with Crippen molar-refractivity contribution in [1.82, 2.24) is 9.97 Å². The molecule has 0 amide bonds. The minimum Gasteiger partial charge on any atom is -0.548 e. The molecule has 0 unspecified atom stereocenters. The molecule has 1 heterocycles. The first-order valence-electron chi connectivity index (χ1n) is 6.20. The van der Waals surface area contributed by atoms with E-state index in [1.165, 1.54) is 0 Å². The monoisotopic (exact) mass is 258 g/mol. The first-order chi connectivity index (χ1) is 8.99. The van der Waals surface area contributed by atoms with Gasteiger partial charge in [-0.3, -0.25) is 0 Å². The molecule has 5 heteroatoms. The first-order valence-corrected chi connectivity index (χ1v) is 6.20. The van der Waals surface area contributed by atoms with Crippen molar-refractivity contribution in [1.29, 1.82) is 0 Å². The Balaban J connectivity index is 2.47. The third-order valence-corrected chi connectivity index (χ3v) is 2.93. The van der Waals surface area contributed by atoms with E-state index < -0.39 is 12.0 Å². The summed E-state index contributed by atoms with van der Waals surface area (Å²) in [5.41, 5.74) is 0.790. The number of hydrogen-bond donors (Lipinski definition) is 1. The molecule has 0 aliphatic heterocycles. The van der Waals surface area contributed by atoms with Gasteiger partial charge in [0.2, 0.25) is 0 Å². The second-order valence-corrected chi connectivity index (χ2v) is 4.82. The van der Waals surface area contributed by atoms with Crippen LogP contribution in [0, 0.1) is 12.8 Å². The van der Waals surface area contributed by atoms with Crippen molar-refractivity contribution in [3.8, 4) is 0 Å². The molecule has 1 N–H and O–H groups in total. The van der Waals surface area contributed by atoms with Crippen LogP contribution in [0.15, 0.2) is 24.3 Å². The van der Waals surface area contributed by atoms with Crippen molar-refractivity contribution in [2.24, 2.45) is 5.92 Å². The number of carbonyl (C=O) groups excluding carboxylic acids is 1. The summed E-state index contributed by atoms with van der Waals surface area (Å²) in [7, 11) is 0. The van der Waals surface area contributed by atoms with Gasteiger partial charge in [0.05, 0.1) is 17.5 Å². The largest absolute Gasteiger partial charge is 0.548 e. The van der Waals surface area contributed by atoms with Crippen LogP contribution in [0.2, 0.25) is 0 Å². The lowest BCUT2D eigenvalue weighted by Crippen LogP contribution is -2.44. The molecule has 0 radical (unpaired) electrons. The Morgan fingerprint density at radius 1 is 1.26 bits per heavy atom. The number of nitrogens with one attached hydrogen (secondary N) is 1. The molecule has 0 fully saturated rings. The standard InChI is InChI=1S/C14H17N3O2/c1-8(2)12(14(18)19)17-13-10-6-4-5-7-11(10)15-9(3)16-13/h4-8,12H,1-3H3,(H,18,19)(H,15,16,17)/p-1/t12-/m1/s1. The van der Waals surface area contributed by atoms with E-state index in [9.17, 15) is 9.90 Å². The highest BCUT2D eigenvalue weighted by Gasteiger charge is 2.16. The molecular weight excluding hydrogens is 242 g/mol. The Morgan fingerprint density at radius 2 is 1.95 bits per heavy atom. The fourth-order valence-electron chi connectivity index (χ4n) is 1.95. The Hall–Kier alpha value is -2.17. The zero-order chi connectivity index (χ0) is 14.0. The summed E-state index contributed by atoms with van der Waals surface area (Å²) in [4.78, 5) is 19.8. The molecule has 0 bridgehead atoms. The molecule has 19 heavy (non-hydrogen) atoms. The van der Waals surface area contributed by atoms with Gasteiger partial charge in [-0.05, 0) is 25.0 Å². The van der Waals surface area contributed by atoms with Crippen LogP contribution in [0.1, 0.15) is 19.7 Å². The fraction of sp³-hybridized carbons (Fsp3) is 0.357. The third kappa shape index (κ3) is 2.81. The molecule has 0 aliphatic carbocycles. The van der Waals surface area contributed by atoms with Crippen LogP contribution in [0.25, 0.3) is 10.9 Å². The molecule has 0 spiro atoms. The number of aromatic nitrogens is 2. The Bertz CT molecular complexity index is 611. The maximum Gasteiger partial charge on any atom is 0.138 e. The highest BCUT2D eigenvalue weighted by atomic mass is 16.4. The summed E-state index contributed by atoms with van der Waals surface area (Å²) in [5.74, 6) is -0.0950. The second-order valence-electron chi connectivity index (χ2n) is 4.82. The molecular formula is C14H16N3O2-. The molecule has 2 aromatic rings. The minimum atomic E-state index is -1.13. The van der Waals surface area contributed by atoms with E-state index in [0.29, 0.717) is 11.6 Å². The van der Waals surface area contributed by atoms with E-state index in [-0.39, 0.29) is 5.92 Å². The Labute approximate surface area is 111 Å². The van der Waals surface area contributed by atoms with E-state index in [1.54, 1.807) is 6.92 Å². The van der Waals surface area contributed by atoms with Crippen molar-refractivity contribution in [2.45, 2.75) is 26.8 Å². The maximum absolute atomic E-state index is 11.1. The number of fused-ring (bicyclic) bond motifs is 1. The van der Waals surface area contributed by atoms with Crippen LogP contribution < -0.4 is 10.4 Å². The highest BCUT2D eigenvalue weighted by molar-refractivity contribution is 5.90. The molecule has 1 atom stereocenters. The van der Waals surface area contributed by atoms with Gasteiger partial charge in [0.15, 0.2) is 0 Å². The maximum atomic E-state index is 11.1. The quantitative estimate of drug-likeness (QED) is 0.889. The number of aryl methyl sites for hydroxylation is 1. The summed E-state index contributed by atoms with van der Waals surface area (Å²) >= 11 is 0. The fourth-order valence-corrected chi connectivity index (χ4v) is 1.95. The Kier molecular flexibility index (Phi) is 3.64. The predicted molar refractivity (Wildman–Crippen MR) is 71.5 cm³/mol. The van der Waals surface area contributed by atoms with E-state index in [1.807, 2.05) is 38.1 Å². The van der Waals surface area contributed by atoms with Gasteiger partial charge in [-0.1, -0.05) is 26.0 Å². The molecule has 1 aromatic carbocycles. The predicted octanol–water partition coefficient (Wildman–Crippen LogP) is 1.12. The van der Waals surface area contributed by atoms with Gasteiger partial charge in [-0.15, -0.1) is 0 Å². The number of carbonyl (C=O) groups is 1. The van der Waals surface area contributed by atoms with Crippen molar-refractivity contribution in [3.05, 3.63) is 30.1 Å². The molecule has 100 valence electrons. The van der Waals surface area contributed by atoms with Crippen molar-refractivity contribution in [2.75, 3.05) is 5.32 Å². The first kappa shape index (κ1) is 13.3. The topological polar surface area (TPSA) is 77.9 Å². The number of nitrogens with zero attached hydrogens (tertiary/aromatic N) is 2. The number of anilines is 1. The van der Waals surface area contributed by atoms with E-state index in [2.05, 4.69) is 15.3 Å². The van der Waals surface area contributed by atoms with Gasteiger partial charge in [-0.25, -0.2) is 9.97 Å². The molecule has 2 rings (SSSR count). The lowest BCUT2D eigenvalue weighted by Gasteiger charge is -2.24. The average molecular weight is 258 g/mol. The van der Waals surface area contributed by atoms with Gasteiger partial charge in [0.1, 0.15) is 11.6 Å². The number of aliphatic carboxylic acids is 1. The van der Waals surface area contributed by atoms with Crippen molar-refractivity contribution in [3.63, 3.8) is 0 Å². The number of para-hydroxylation sites is 1. The van der Waals surface area contributed by atoms with Gasteiger partial charge >= 0.3 is 0 Å². The third-order valence-electron chi connectivity index (χ3n) is 2.93. The number of hydrogen-bond acceptors (Lipinski definition) is 5. The minimum absolute atomic E-state index is 0.0981. The van der Waals surface area contributed by atoms with Crippen LogP contribution in [0.3, 0.4) is 0 Å². The SMILES string of the molecule is Cc1nc(N[C@@H](C(=O)[O-])C(C)C)c2ccccc2n1. The molecule has 0 saturated carbocycles. The van der Waals surface area contributed by atoms with E-state index in [0.717, 1.165) is 10.9 Å². The van der Waals surface area contributed by atoms with Crippen LogP contribution in [0.5, 0.6) is 0 Å². The van der Waals surface area contributed by atoms with Crippen LogP contribution in [-0.2, 0) is 4.79 Å². The number of carboxylic acids is 1. The smallest absolute Gasteiger partial charge is 0.138 e. The summed E-state index contributed by atoms with van der Waals surface area (Å²) in [6.07, 6.45) is 0. The van der Waals surface area contributed by atoms with Crippen LogP contribution >= 0.6 is 0 Å². The van der Waals surface area contributed by atoms with E-state index in [4.69, 9.17) is 0 Å². The highest BCUT2D eigenvalue weighted by Crippen LogP contribution is 2.21. The summed E-state index contributed by atoms with van der Waals surface area (Å²) in [6.45, 7) is 5.43. The van der Waals surface area contributed by atoms with Crippen LogP contribution in [-0.4, -0.2) is 22.0 Å². The van der Waals surface area contributed by atoms with Gasteiger partial charge in [0.25, 0.3) is 0 Å². The van der Waals surface area contributed by atoms with Gasteiger partial charge in [-0.2, -0.15) is 0 Å². The van der Waals surface area contributed by atoms with Crippen LogP contribution in [0.4, 0.5) is 5.82 Å². The summed E-state index contributed by atoms with van der Waals surface area (Å²) in [5, 5.41) is 14.9. The number of carboxylic acid groups (broad SMARTS) is 1. The van der Waals surface area contributed by atoms with Gasteiger partial charge in [0, 0.05) is 5.39 Å². The molecule has 1 aromatic heterocycles. The molecule has 0 saturated heterocycles. The summed E-state index contributed by atoms with van der Waals surface area (Å²) < 4.78 is 0. The van der Waals surface area contributed by atoms with Gasteiger partial charge < -0.3 is 15.2 Å². The lowest BCUT2D eigenvalue weighted by molar-refractivity contribution is -0.307. The molecule has 5 nitrogen and oxygen atoms in total. The normalized spacial score (nSPS) is 12.6. The average Bonchev–Trinajstić information content (AvgIpc) is 2.34. The lowest BCUT2D eigenvalue weighted by atomic mass is 10.0. The zero-order valence-electron chi connectivity index (χ0n) is 11.2. The summed E-state index contributed by atoms with van der Waals surface area (Å²) in [6, 6.07) is 6.72. The van der Waals surface area contributed by atoms with E-state index >= 15 is 0 Å². The number of benzene rings is 1. The molecule has 0 aliphatic rings. The second kappa shape index (κ2) is 5.22. The zero-order valence-corrected chi connectivity index (χ0v) is 11.2.